The van der Waals surface area contributed by atoms with Crippen molar-refractivity contribution in [2.75, 3.05) is 35.6 Å². The van der Waals surface area contributed by atoms with Gasteiger partial charge in [-0.15, -0.1) is 11.8 Å². The number of anilines is 2. The van der Waals surface area contributed by atoms with Gasteiger partial charge in [-0.1, -0.05) is 35.6 Å². The Morgan fingerprint density at radius 3 is 2.81 bits per heavy atom. The first-order valence-electron chi connectivity index (χ1n) is 8.59. The highest BCUT2D eigenvalue weighted by Gasteiger charge is 2.25. The van der Waals surface area contributed by atoms with E-state index in [-0.39, 0.29) is 18.4 Å². The van der Waals surface area contributed by atoms with Crippen LogP contribution in [-0.4, -0.2) is 42.2 Å². The van der Waals surface area contributed by atoms with E-state index in [0.717, 1.165) is 25.9 Å². The van der Waals surface area contributed by atoms with Crippen LogP contribution in [0.25, 0.3) is 10.2 Å². The number of hydrogen-bond acceptors (Lipinski definition) is 6. The van der Waals surface area contributed by atoms with Crippen molar-refractivity contribution in [3.63, 3.8) is 0 Å². The minimum absolute atomic E-state index is 0.0392. The van der Waals surface area contributed by atoms with E-state index in [1.54, 1.807) is 16.2 Å². The summed E-state index contributed by atoms with van der Waals surface area (Å²) in [6.07, 6.45) is 0. The van der Waals surface area contributed by atoms with Gasteiger partial charge in [-0.05, 0) is 24.3 Å². The van der Waals surface area contributed by atoms with Crippen molar-refractivity contribution in [2.45, 2.75) is 4.90 Å². The highest BCUT2D eigenvalue weighted by atomic mass is 32.2. The minimum atomic E-state index is -0.170. The number of para-hydroxylation sites is 2. The summed E-state index contributed by atoms with van der Waals surface area (Å²) >= 11 is 3.10. The van der Waals surface area contributed by atoms with Gasteiger partial charge in [0.25, 0.3) is 0 Å². The van der Waals surface area contributed by atoms with Crippen LogP contribution in [0, 0.1) is 0 Å². The Hall–Kier alpha value is -2.58. The molecule has 1 aromatic heterocycles. The lowest BCUT2D eigenvalue weighted by Gasteiger charge is -2.28. The van der Waals surface area contributed by atoms with E-state index in [2.05, 4.69) is 15.6 Å². The van der Waals surface area contributed by atoms with Crippen molar-refractivity contribution in [1.29, 1.82) is 0 Å². The highest BCUT2D eigenvalue weighted by Crippen LogP contribution is 2.34. The number of thioether (sulfide) groups is 1. The van der Waals surface area contributed by atoms with Crippen molar-refractivity contribution in [2.24, 2.45) is 0 Å². The summed E-state index contributed by atoms with van der Waals surface area (Å²) in [6, 6.07) is 15.6. The largest absolute Gasteiger partial charge is 0.360 e. The van der Waals surface area contributed by atoms with Crippen LogP contribution >= 0.6 is 23.1 Å². The molecule has 0 unspecified atom stereocenters. The molecule has 0 bridgehead atoms. The zero-order chi connectivity index (χ0) is 18.6. The number of amides is 2. The van der Waals surface area contributed by atoms with Crippen LogP contribution in [0.1, 0.15) is 0 Å². The lowest BCUT2D eigenvalue weighted by Crippen LogP contribution is -2.44. The third-order valence-electron chi connectivity index (χ3n) is 4.13. The Morgan fingerprint density at radius 2 is 1.93 bits per heavy atom. The predicted octanol–water partition coefficient (Wildman–Crippen LogP) is 2.96. The number of aromatic nitrogens is 1. The molecule has 4 rings (SSSR count). The summed E-state index contributed by atoms with van der Waals surface area (Å²) in [4.78, 5) is 31.5. The van der Waals surface area contributed by atoms with E-state index in [0.29, 0.717) is 18.8 Å². The van der Waals surface area contributed by atoms with Gasteiger partial charge in [-0.2, -0.15) is 0 Å². The van der Waals surface area contributed by atoms with Crippen LogP contribution in [0.5, 0.6) is 0 Å². The maximum atomic E-state index is 12.3. The molecular formula is C19H18N4O2S2. The summed E-state index contributed by atoms with van der Waals surface area (Å²) in [6.45, 7) is 1.08. The second-order valence-corrected chi connectivity index (χ2v) is 8.05. The molecule has 8 heteroatoms. The quantitative estimate of drug-likeness (QED) is 0.625. The van der Waals surface area contributed by atoms with E-state index in [1.807, 2.05) is 48.5 Å². The van der Waals surface area contributed by atoms with Gasteiger partial charge in [0.05, 0.1) is 21.7 Å². The first-order chi connectivity index (χ1) is 13.2. The highest BCUT2D eigenvalue weighted by molar-refractivity contribution is 8.00. The fourth-order valence-corrected chi connectivity index (χ4v) is 4.67. The van der Waals surface area contributed by atoms with Crippen LogP contribution in [0.2, 0.25) is 0 Å². The maximum Gasteiger partial charge on any atom is 0.240 e. The van der Waals surface area contributed by atoms with Gasteiger partial charge in [-0.25, -0.2) is 4.98 Å². The van der Waals surface area contributed by atoms with Crippen LogP contribution in [0.3, 0.4) is 0 Å². The average Bonchev–Trinajstić information content (AvgIpc) is 3.10. The van der Waals surface area contributed by atoms with Gasteiger partial charge in [0.1, 0.15) is 6.54 Å². The Bertz CT molecular complexity index is 956. The van der Waals surface area contributed by atoms with E-state index in [1.165, 1.54) is 11.8 Å². The molecule has 2 amide bonds. The van der Waals surface area contributed by atoms with Gasteiger partial charge < -0.3 is 15.5 Å². The molecule has 1 aliphatic rings. The number of carbonyl (C=O) groups excluding carboxylic acids is 2. The molecule has 27 heavy (non-hydrogen) atoms. The Labute approximate surface area is 165 Å². The molecule has 0 spiro atoms. The fourth-order valence-electron chi connectivity index (χ4n) is 2.85. The molecule has 0 aliphatic carbocycles. The summed E-state index contributed by atoms with van der Waals surface area (Å²) in [5, 5.41) is 6.92. The molecule has 6 nitrogen and oxygen atoms in total. The molecule has 2 N–H and O–H groups in total. The van der Waals surface area contributed by atoms with Gasteiger partial charge in [0.15, 0.2) is 5.13 Å². The lowest BCUT2D eigenvalue weighted by atomic mass is 10.2. The normalized spacial score (nSPS) is 13.5. The number of carbonyl (C=O) groups is 2. The molecule has 3 aromatic rings. The lowest BCUT2D eigenvalue weighted by molar-refractivity contribution is -0.122. The summed E-state index contributed by atoms with van der Waals surface area (Å²) in [5.74, 6) is 0.154. The Kier molecular flexibility index (Phi) is 5.26. The summed E-state index contributed by atoms with van der Waals surface area (Å²) < 4.78 is 1.13. The zero-order valence-electron chi connectivity index (χ0n) is 14.5. The maximum absolute atomic E-state index is 12.3. The monoisotopic (exact) mass is 398 g/mol. The molecule has 2 aromatic carbocycles. The molecule has 138 valence electrons. The van der Waals surface area contributed by atoms with Gasteiger partial charge in [0, 0.05) is 18.0 Å². The molecular weight excluding hydrogens is 380 g/mol. The molecule has 0 saturated heterocycles. The standard InChI is InChI=1S/C19H18N4O2S2/c24-17(11-23-14-6-2-4-8-16(14)26-12-18(23)25)20-9-10-21-19-22-13-5-1-3-7-15(13)27-19/h1-8H,9-12H2,(H,20,24)(H,21,22). The van der Waals surface area contributed by atoms with Crippen molar-refractivity contribution >= 4 is 55.9 Å². The SMILES string of the molecule is O=C(CN1C(=O)CSc2ccccc21)NCCNc1nc2ccccc2s1. The first kappa shape index (κ1) is 17.8. The number of rotatable bonds is 6. The van der Waals surface area contributed by atoms with Crippen LogP contribution in [-0.2, 0) is 9.59 Å². The van der Waals surface area contributed by atoms with E-state index >= 15 is 0 Å². The van der Waals surface area contributed by atoms with Crippen LogP contribution in [0.15, 0.2) is 53.4 Å². The number of fused-ring (bicyclic) bond motifs is 2. The van der Waals surface area contributed by atoms with Crippen LogP contribution < -0.4 is 15.5 Å². The van der Waals surface area contributed by atoms with Crippen molar-refractivity contribution in [3.05, 3.63) is 48.5 Å². The number of thiazole rings is 1. The minimum Gasteiger partial charge on any atom is -0.360 e. The van der Waals surface area contributed by atoms with Gasteiger partial charge in [0.2, 0.25) is 11.8 Å². The van der Waals surface area contributed by atoms with Crippen LogP contribution in [0.4, 0.5) is 10.8 Å². The van der Waals surface area contributed by atoms with E-state index < -0.39 is 0 Å². The Balaban J connectivity index is 1.28. The number of nitrogens with zero attached hydrogens (tertiary/aromatic N) is 2. The molecule has 2 heterocycles. The zero-order valence-corrected chi connectivity index (χ0v) is 16.1. The predicted molar refractivity (Wildman–Crippen MR) is 111 cm³/mol. The first-order valence-corrected chi connectivity index (χ1v) is 10.4. The molecule has 0 atom stereocenters. The van der Waals surface area contributed by atoms with E-state index in [4.69, 9.17) is 0 Å². The van der Waals surface area contributed by atoms with Gasteiger partial charge in [-0.3, -0.25) is 9.59 Å². The Morgan fingerprint density at radius 1 is 1.11 bits per heavy atom. The second kappa shape index (κ2) is 7.98. The third-order valence-corrected chi connectivity index (χ3v) is 6.17. The van der Waals surface area contributed by atoms with E-state index in [9.17, 15) is 9.59 Å². The fraction of sp³-hybridized carbons (Fsp3) is 0.211. The topological polar surface area (TPSA) is 74.3 Å². The molecule has 0 fully saturated rings. The third kappa shape index (κ3) is 4.06. The average molecular weight is 399 g/mol. The summed E-state index contributed by atoms with van der Waals surface area (Å²) in [7, 11) is 0. The number of nitrogens with one attached hydrogen (secondary N) is 2. The molecule has 0 radical (unpaired) electrons. The smallest absolute Gasteiger partial charge is 0.240 e. The number of benzene rings is 2. The van der Waals surface area contributed by atoms with Crippen molar-refractivity contribution in [1.82, 2.24) is 10.3 Å². The van der Waals surface area contributed by atoms with Gasteiger partial charge >= 0.3 is 0 Å². The molecule has 0 saturated carbocycles. The summed E-state index contributed by atoms with van der Waals surface area (Å²) in [5.41, 5.74) is 1.77. The van der Waals surface area contributed by atoms with Crippen molar-refractivity contribution < 1.29 is 9.59 Å². The molecule has 1 aliphatic heterocycles. The number of hydrogen-bond donors (Lipinski definition) is 2. The second-order valence-electron chi connectivity index (χ2n) is 6.00. The van der Waals surface area contributed by atoms with Crippen molar-refractivity contribution in [3.8, 4) is 0 Å².